The highest BCUT2D eigenvalue weighted by Crippen LogP contribution is 2.54. The molecular weight excluding hydrogens is 746 g/mol. The number of allylic oxidation sites excluding steroid dienone is 2. The summed E-state index contributed by atoms with van der Waals surface area (Å²) in [7, 11) is 1.48. The fourth-order valence-corrected chi connectivity index (χ4v) is 8.51. The Morgan fingerprint density at radius 3 is 2.47 bits per heavy atom. The summed E-state index contributed by atoms with van der Waals surface area (Å²) < 4.78 is 31.8. The fraction of sp³-hybridized carbons (Fsp3) is 0.455. The number of amides is 1. The summed E-state index contributed by atoms with van der Waals surface area (Å²) in [4.78, 5) is 45.6. The first kappa shape index (κ1) is 40.7. The molecule has 308 valence electrons. The number of pyridine rings is 1. The Morgan fingerprint density at radius 1 is 1.07 bits per heavy atom. The second-order valence-corrected chi connectivity index (χ2v) is 16.3. The number of nitrogens with zero attached hydrogens (tertiary/aromatic N) is 2. The van der Waals surface area contributed by atoms with Crippen molar-refractivity contribution in [2.75, 3.05) is 12.4 Å². The van der Waals surface area contributed by atoms with Crippen molar-refractivity contribution in [3.05, 3.63) is 71.2 Å². The number of esters is 1. The second-order valence-electron chi connectivity index (χ2n) is 16.3. The van der Waals surface area contributed by atoms with E-state index in [2.05, 4.69) is 5.32 Å². The number of Topliss-reactive ketones (excluding diaryl/α,β-unsaturated/α-hetero) is 1. The fourth-order valence-electron chi connectivity index (χ4n) is 8.51. The Bertz CT molecular complexity index is 2470. The predicted octanol–water partition coefficient (Wildman–Crippen LogP) is 6.71. The monoisotopic (exact) mass is 797 g/mol. The lowest BCUT2D eigenvalue weighted by atomic mass is 9.71. The van der Waals surface area contributed by atoms with Crippen LogP contribution in [0.2, 0.25) is 0 Å². The lowest BCUT2D eigenvalue weighted by Gasteiger charge is -2.54. The summed E-state index contributed by atoms with van der Waals surface area (Å²) in [5, 5.41) is 38.3. The first-order chi connectivity index (χ1) is 27.3. The van der Waals surface area contributed by atoms with Gasteiger partial charge in [-0.3, -0.25) is 18.8 Å². The van der Waals surface area contributed by atoms with E-state index in [1.54, 1.807) is 42.7 Å². The zero-order valence-electron chi connectivity index (χ0n) is 34.4. The number of ketones is 1. The van der Waals surface area contributed by atoms with Crippen LogP contribution in [0.15, 0.2) is 54.5 Å². The number of phenols is 2. The normalized spacial score (nSPS) is 32.5. The van der Waals surface area contributed by atoms with Crippen molar-refractivity contribution in [3.63, 3.8) is 0 Å². The zero-order valence-corrected chi connectivity index (χ0v) is 34.4. The number of ether oxygens (including phenoxy) is 5. The lowest BCUT2D eigenvalue weighted by Crippen LogP contribution is -2.60. The third-order valence-corrected chi connectivity index (χ3v) is 12.3. The first-order valence-corrected chi connectivity index (χ1v) is 19.5. The van der Waals surface area contributed by atoms with Crippen LogP contribution in [-0.2, 0) is 28.5 Å². The van der Waals surface area contributed by atoms with Gasteiger partial charge in [-0.05, 0) is 51.5 Å². The Morgan fingerprint density at radius 2 is 1.79 bits per heavy atom. The van der Waals surface area contributed by atoms with Gasteiger partial charge in [0.05, 0.1) is 41.1 Å². The highest BCUT2D eigenvalue weighted by molar-refractivity contribution is 6.28. The molecule has 1 fully saturated rings. The molecule has 0 saturated carbocycles. The number of benzene rings is 2. The third-order valence-electron chi connectivity index (χ3n) is 12.3. The summed E-state index contributed by atoms with van der Waals surface area (Å²) in [6.07, 6.45) is 7.26. The van der Waals surface area contributed by atoms with E-state index < -0.39 is 59.0 Å². The van der Waals surface area contributed by atoms with Gasteiger partial charge in [0.1, 0.15) is 40.0 Å². The molecule has 2 aromatic heterocycles. The van der Waals surface area contributed by atoms with E-state index in [9.17, 15) is 29.7 Å². The number of hydrogen-bond donors (Lipinski definition) is 4. The molecule has 58 heavy (non-hydrogen) atoms. The first-order valence-electron chi connectivity index (χ1n) is 19.5. The molecule has 10 rings (SSSR count). The van der Waals surface area contributed by atoms with E-state index in [0.29, 0.717) is 16.7 Å². The predicted molar refractivity (Wildman–Crippen MR) is 216 cm³/mol. The number of imidazole rings is 1. The molecule has 1 amide bonds. The van der Waals surface area contributed by atoms with Gasteiger partial charge in [-0.25, -0.2) is 4.98 Å². The third kappa shape index (κ3) is 6.56. The van der Waals surface area contributed by atoms with Crippen LogP contribution in [0.5, 0.6) is 17.2 Å². The molecule has 9 atom stereocenters. The van der Waals surface area contributed by atoms with Crippen LogP contribution in [0.4, 0.5) is 5.69 Å². The lowest BCUT2D eigenvalue weighted by molar-refractivity contribution is -0.250. The van der Waals surface area contributed by atoms with E-state index >= 15 is 0 Å². The summed E-state index contributed by atoms with van der Waals surface area (Å²) >= 11 is 0. The molecule has 0 aliphatic carbocycles. The standard InChI is InChI=1S/C44H51N3O11/c1-20-13-16-47-29(18-20)45-33-30-31-37(50)24(5)40-32(30)41(52)44(9,58-40)55-17-14-27(54-10)19-28(56-26(7)48)22(3)36(49)23(4)39-25(6)43(8,57-39)15-11-12-21(2)42(53)46-34(35(33)47)38(31)51/h11-18,22-23,25,27-28,36,39,49-51H,19H2,1-10H3,(H,46,53)/b15-11+,17-14+,21-12-/t22-,23-,25+,27-,28+,36-,39+,43-,44-/m0/s1. The largest absolute Gasteiger partial charge is 0.507 e. The average molecular weight is 798 g/mol. The quantitative estimate of drug-likeness (QED) is 0.124. The van der Waals surface area contributed by atoms with Crippen molar-refractivity contribution in [2.24, 2.45) is 17.8 Å². The number of aliphatic hydroxyl groups is 1. The molecule has 7 bridgehead atoms. The number of aromatic nitrogens is 2. The minimum Gasteiger partial charge on any atom is -0.507 e. The van der Waals surface area contributed by atoms with E-state index in [1.165, 1.54) is 27.2 Å². The number of aryl methyl sites for hydroxylation is 1. The van der Waals surface area contributed by atoms with Crippen LogP contribution in [0.25, 0.3) is 27.5 Å². The van der Waals surface area contributed by atoms with Crippen LogP contribution < -0.4 is 10.1 Å². The number of rotatable bonds is 2. The molecule has 0 radical (unpaired) electrons. The Hall–Kier alpha value is -5.44. The maximum Gasteiger partial charge on any atom is 0.312 e. The molecule has 4 N–H and O–H groups in total. The molecule has 14 heteroatoms. The number of fused-ring (bicyclic) bond motifs is 1. The number of methoxy groups -OCH3 is 1. The molecule has 0 unspecified atom stereocenters. The number of carbonyl (C=O) groups is 3. The van der Waals surface area contributed by atoms with Crippen molar-refractivity contribution in [3.8, 4) is 17.2 Å². The number of carbonyl (C=O) groups excluding carboxylic acids is 3. The maximum absolute atomic E-state index is 14.6. The molecule has 6 aliphatic rings. The van der Waals surface area contributed by atoms with Crippen molar-refractivity contribution >= 4 is 50.8 Å². The van der Waals surface area contributed by atoms with Gasteiger partial charge < -0.3 is 44.3 Å². The van der Waals surface area contributed by atoms with Gasteiger partial charge in [0, 0.05) is 67.9 Å². The van der Waals surface area contributed by atoms with Crippen molar-refractivity contribution in [1.29, 1.82) is 0 Å². The number of phenolic OH excluding ortho intramolecular Hbond substituents is 2. The van der Waals surface area contributed by atoms with Gasteiger partial charge in [-0.1, -0.05) is 39.0 Å². The summed E-state index contributed by atoms with van der Waals surface area (Å²) in [5.41, 5.74) is 1.66. The molecule has 0 spiro atoms. The molecule has 2 aromatic carbocycles. The van der Waals surface area contributed by atoms with Crippen LogP contribution in [0, 0.1) is 31.6 Å². The Labute approximate surface area is 336 Å². The van der Waals surface area contributed by atoms with Crippen LogP contribution >= 0.6 is 0 Å². The van der Waals surface area contributed by atoms with Crippen molar-refractivity contribution in [2.45, 2.75) is 105 Å². The Balaban J connectivity index is 1.40. The minimum absolute atomic E-state index is 0.0146. The van der Waals surface area contributed by atoms with Gasteiger partial charge >= 0.3 is 11.8 Å². The topological polar surface area (TPSA) is 187 Å². The van der Waals surface area contributed by atoms with Gasteiger partial charge in [0.15, 0.2) is 5.75 Å². The van der Waals surface area contributed by atoms with Crippen LogP contribution in [0.3, 0.4) is 0 Å². The molecule has 14 nitrogen and oxygen atoms in total. The summed E-state index contributed by atoms with van der Waals surface area (Å²) in [6.45, 7) is 15.5. The molecular formula is C44H51N3O11. The zero-order chi connectivity index (χ0) is 42.2. The van der Waals surface area contributed by atoms with Crippen LogP contribution in [0.1, 0.15) is 76.4 Å². The highest BCUT2D eigenvalue weighted by Gasteiger charge is 2.52. The Kier molecular flexibility index (Phi) is 10.4. The van der Waals surface area contributed by atoms with Gasteiger partial charge in [0.2, 0.25) is 0 Å². The van der Waals surface area contributed by atoms with E-state index in [0.717, 1.165) is 5.56 Å². The van der Waals surface area contributed by atoms with E-state index in [-0.39, 0.29) is 69.0 Å². The highest BCUT2D eigenvalue weighted by atomic mass is 16.7. The van der Waals surface area contributed by atoms with Crippen LogP contribution in [-0.4, -0.2) is 85.3 Å². The van der Waals surface area contributed by atoms with Gasteiger partial charge in [0.25, 0.3) is 11.7 Å². The number of aliphatic hydroxyl groups excluding tert-OH is 1. The van der Waals surface area contributed by atoms with E-state index in [4.69, 9.17) is 28.7 Å². The van der Waals surface area contributed by atoms with Crippen molar-refractivity contribution < 1.29 is 53.4 Å². The smallest absolute Gasteiger partial charge is 0.312 e. The number of aromatic hydroxyl groups is 2. The maximum atomic E-state index is 14.6. The van der Waals surface area contributed by atoms with Crippen molar-refractivity contribution in [1.82, 2.24) is 9.38 Å². The molecule has 6 aliphatic heterocycles. The summed E-state index contributed by atoms with van der Waals surface area (Å²) in [6, 6.07) is 3.67. The SMILES string of the molecule is CO[C@H]1/C=C/O[C@@]2(C)Oc3c(C)c(O)c4c(O)c(c5c(nc6cc(C)ccn65)c4c3C2=O)NC(=O)/C(C)=C\C=C\[C@]2(C)O[C@H]([C@@H](C)[C@@H](O)[C@@H](C)[C@H](OC(C)=O)C1)[C@H]2C. The number of anilines is 1. The summed E-state index contributed by atoms with van der Waals surface area (Å²) in [5.74, 6) is -5.30. The van der Waals surface area contributed by atoms with Gasteiger partial charge in [-0.15, -0.1) is 0 Å². The minimum atomic E-state index is -1.93. The molecule has 1 saturated heterocycles. The second kappa shape index (κ2) is 14.7. The molecule has 8 heterocycles. The molecule has 4 aromatic rings. The number of hydrogen-bond acceptors (Lipinski definition) is 12. The van der Waals surface area contributed by atoms with E-state index in [1.807, 2.05) is 52.8 Å². The van der Waals surface area contributed by atoms with Gasteiger partial charge in [-0.2, -0.15) is 0 Å². The average Bonchev–Trinajstić information content (AvgIpc) is 3.68. The number of nitrogens with one attached hydrogen (secondary N) is 1.